The minimum atomic E-state index is -0.492. The second kappa shape index (κ2) is 8.10. The smallest absolute Gasteiger partial charge is 0.338 e. The van der Waals surface area contributed by atoms with E-state index in [0.29, 0.717) is 17.1 Å². The molecule has 146 valence electrons. The summed E-state index contributed by atoms with van der Waals surface area (Å²) in [5.74, 6) is -0.358. The molecule has 3 aromatic rings. The Labute approximate surface area is 166 Å². The molecule has 2 amide bonds. The van der Waals surface area contributed by atoms with E-state index in [9.17, 15) is 14.4 Å². The number of esters is 1. The zero-order valence-electron chi connectivity index (χ0n) is 15.5. The van der Waals surface area contributed by atoms with Gasteiger partial charge in [-0.1, -0.05) is 30.3 Å². The molecule has 29 heavy (non-hydrogen) atoms. The number of rotatable bonds is 6. The van der Waals surface area contributed by atoms with Crippen molar-refractivity contribution in [2.24, 2.45) is 0 Å². The summed E-state index contributed by atoms with van der Waals surface area (Å²) in [6, 6.07) is 16.1. The summed E-state index contributed by atoms with van der Waals surface area (Å²) < 4.78 is 10.7. The largest absolute Gasteiger partial charge is 0.455 e. The minimum absolute atomic E-state index is 0.00625. The fourth-order valence-corrected chi connectivity index (χ4v) is 3.04. The summed E-state index contributed by atoms with van der Waals surface area (Å²) in [6.45, 7) is 0.210. The van der Waals surface area contributed by atoms with Crippen LogP contribution in [0.5, 0.6) is 0 Å². The first kappa shape index (κ1) is 18.6. The number of carbonyl (C=O) groups excluding carboxylic acids is 3. The highest BCUT2D eigenvalue weighted by Gasteiger charge is 2.28. The molecule has 1 aliphatic rings. The number of amides is 2. The standard InChI is InChI=1S/C22H18N2O5/c25-19-10-11-20(26)24(19)12-15-6-8-17(9-7-15)22(27)29-14-18-13-28-21(23-18)16-4-2-1-3-5-16/h1-9,13H,10-12,14H2. The third-order valence-corrected chi connectivity index (χ3v) is 4.61. The van der Waals surface area contributed by atoms with Crippen molar-refractivity contribution in [3.63, 3.8) is 0 Å². The molecule has 0 radical (unpaired) electrons. The Kier molecular flexibility index (Phi) is 5.20. The maximum Gasteiger partial charge on any atom is 0.338 e. The molecule has 1 saturated heterocycles. The molecule has 0 N–H and O–H groups in total. The second-order valence-corrected chi connectivity index (χ2v) is 6.66. The molecule has 7 heteroatoms. The van der Waals surface area contributed by atoms with Crippen molar-refractivity contribution in [2.75, 3.05) is 0 Å². The van der Waals surface area contributed by atoms with E-state index in [1.807, 2.05) is 30.3 Å². The zero-order chi connectivity index (χ0) is 20.2. The summed E-state index contributed by atoms with van der Waals surface area (Å²) in [5, 5.41) is 0. The second-order valence-electron chi connectivity index (χ2n) is 6.66. The van der Waals surface area contributed by atoms with Crippen molar-refractivity contribution in [2.45, 2.75) is 26.0 Å². The number of aromatic nitrogens is 1. The lowest BCUT2D eigenvalue weighted by Crippen LogP contribution is -2.28. The fraction of sp³-hybridized carbons (Fsp3) is 0.182. The van der Waals surface area contributed by atoms with Crippen LogP contribution in [-0.4, -0.2) is 27.7 Å². The molecule has 0 saturated carbocycles. The van der Waals surface area contributed by atoms with Gasteiger partial charge in [0.05, 0.1) is 12.1 Å². The highest BCUT2D eigenvalue weighted by Crippen LogP contribution is 2.19. The van der Waals surface area contributed by atoms with Gasteiger partial charge in [-0.3, -0.25) is 14.5 Å². The molecular weight excluding hydrogens is 372 g/mol. The lowest BCUT2D eigenvalue weighted by atomic mass is 10.1. The highest BCUT2D eigenvalue weighted by atomic mass is 16.5. The number of benzene rings is 2. The van der Waals surface area contributed by atoms with Gasteiger partial charge in [0.15, 0.2) is 0 Å². The number of hydrogen-bond acceptors (Lipinski definition) is 6. The van der Waals surface area contributed by atoms with E-state index < -0.39 is 5.97 Å². The summed E-state index contributed by atoms with van der Waals surface area (Å²) in [4.78, 5) is 41.2. The van der Waals surface area contributed by atoms with Crippen LogP contribution in [0, 0.1) is 0 Å². The van der Waals surface area contributed by atoms with Crippen molar-refractivity contribution in [1.82, 2.24) is 9.88 Å². The zero-order valence-corrected chi connectivity index (χ0v) is 15.5. The molecule has 0 unspecified atom stereocenters. The Morgan fingerprint density at radius 2 is 1.69 bits per heavy atom. The fourth-order valence-electron chi connectivity index (χ4n) is 3.04. The predicted molar refractivity (Wildman–Crippen MR) is 102 cm³/mol. The van der Waals surface area contributed by atoms with Crippen LogP contribution in [0.15, 0.2) is 65.3 Å². The summed E-state index contributed by atoms with van der Waals surface area (Å²) in [7, 11) is 0. The Morgan fingerprint density at radius 1 is 1.00 bits per heavy atom. The van der Waals surface area contributed by atoms with E-state index in [1.54, 1.807) is 24.3 Å². The Bertz CT molecular complexity index is 1020. The van der Waals surface area contributed by atoms with E-state index in [1.165, 1.54) is 11.2 Å². The van der Waals surface area contributed by atoms with Gasteiger partial charge in [-0.15, -0.1) is 0 Å². The molecule has 0 spiro atoms. The average Bonchev–Trinajstić information content (AvgIpc) is 3.35. The summed E-state index contributed by atoms with van der Waals surface area (Å²) >= 11 is 0. The number of likely N-dealkylation sites (tertiary alicyclic amines) is 1. The van der Waals surface area contributed by atoms with Gasteiger partial charge in [-0.2, -0.15) is 0 Å². The van der Waals surface area contributed by atoms with E-state index in [0.717, 1.165) is 11.1 Å². The van der Waals surface area contributed by atoms with Crippen LogP contribution in [0.4, 0.5) is 0 Å². The normalized spacial score (nSPS) is 13.7. The first-order chi connectivity index (χ1) is 14.1. The summed E-state index contributed by atoms with van der Waals surface area (Å²) in [6.07, 6.45) is 1.98. The number of nitrogens with zero attached hydrogens (tertiary/aromatic N) is 2. The van der Waals surface area contributed by atoms with Crippen molar-refractivity contribution < 1.29 is 23.5 Å². The Balaban J connectivity index is 1.34. The maximum atomic E-state index is 12.3. The van der Waals surface area contributed by atoms with Crippen molar-refractivity contribution in [1.29, 1.82) is 0 Å². The van der Waals surface area contributed by atoms with Crippen LogP contribution in [0.25, 0.3) is 11.5 Å². The van der Waals surface area contributed by atoms with Crippen LogP contribution in [0.1, 0.15) is 34.5 Å². The van der Waals surface area contributed by atoms with E-state index >= 15 is 0 Å². The number of hydrogen-bond donors (Lipinski definition) is 0. The molecule has 2 heterocycles. The van der Waals surface area contributed by atoms with Crippen molar-refractivity contribution in [3.05, 3.63) is 77.7 Å². The molecule has 1 fully saturated rings. The van der Waals surface area contributed by atoms with Gasteiger partial charge >= 0.3 is 5.97 Å². The molecule has 1 aliphatic heterocycles. The number of carbonyl (C=O) groups is 3. The lowest BCUT2D eigenvalue weighted by molar-refractivity contribution is -0.139. The van der Waals surface area contributed by atoms with Crippen LogP contribution >= 0.6 is 0 Å². The van der Waals surface area contributed by atoms with Gasteiger partial charge in [-0.05, 0) is 29.8 Å². The van der Waals surface area contributed by atoms with Gasteiger partial charge in [-0.25, -0.2) is 9.78 Å². The van der Waals surface area contributed by atoms with Crippen molar-refractivity contribution in [3.8, 4) is 11.5 Å². The Hall–Kier alpha value is -3.74. The highest BCUT2D eigenvalue weighted by molar-refractivity contribution is 6.01. The molecule has 7 nitrogen and oxygen atoms in total. The van der Waals surface area contributed by atoms with Gasteiger partial charge < -0.3 is 9.15 Å². The average molecular weight is 390 g/mol. The van der Waals surface area contributed by atoms with Crippen LogP contribution < -0.4 is 0 Å². The number of imide groups is 1. The third-order valence-electron chi connectivity index (χ3n) is 4.61. The molecule has 0 aliphatic carbocycles. The third kappa shape index (κ3) is 4.24. The van der Waals surface area contributed by atoms with Crippen LogP contribution in [0.2, 0.25) is 0 Å². The molecule has 0 bridgehead atoms. The maximum absolute atomic E-state index is 12.3. The van der Waals surface area contributed by atoms with E-state index in [2.05, 4.69) is 4.98 Å². The van der Waals surface area contributed by atoms with Gasteiger partial charge in [0.1, 0.15) is 18.6 Å². The lowest BCUT2D eigenvalue weighted by Gasteiger charge is -2.13. The topological polar surface area (TPSA) is 89.7 Å². The van der Waals surface area contributed by atoms with E-state index in [-0.39, 0.29) is 37.8 Å². The minimum Gasteiger partial charge on any atom is -0.455 e. The van der Waals surface area contributed by atoms with Crippen LogP contribution in [-0.2, 0) is 27.5 Å². The SMILES string of the molecule is O=C(OCc1coc(-c2ccccc2)n1)c1ccc(CN2C(=O)CCC2=O)cc1. The Morgan fingerprint density at radius 3 is 2.38 bits per heavy atom. The predicted octanol–water partition coefficient (Wildman–Crippen LogP) is 3.35. The number of oxazole rings is 1. The summed E-state index contributed by atoms with van der Waals surface area (Å²) in [5.41, 5.74) is 2.50. The number of ether oxygens (including phenoxy) is 1. The first-order valence-electron chi connectivity index (χ1n) is 9.19. The van der Waals surface area contributed by atoms with Gasteiger partial charge in [0.2, 0.25) is 17.7 Å². The quantitative estimate of drug-likeness (QED) is 0.474. The molecule has 4 rings (SSSR count). The van der Waals surface area contributed by atoms with E-state index in [4.69, 9.17) is 9.15 Å². The molecular formula is C22H18N2O5. The van der Waals surface area contributed by atoms with Crippen LogP contribution in [0.3, 0.4) is 0 Å². The van der Waals surface area contributed by atoms with Gasteiger partial charge in [0.25, 0.3) is 0 Å². The van der Waals surface area contributed by atoms with Crippen molar-refractivity contribution >= 4 is 17.8 Å². The first-order valence-corrected chi connectivity index (χ1v) is 9.19. The molecule has 1 aromatic heterocycles. The molecule has 2 aromatic carbocycles. The molecule has 0 atom stereocenters. The van der Waals surface area contributed by atoms with Gasteiger partial charge in [0, 0.05) is 18.4 Å². The monoisotopic (exact) mass is 390 g/mol.